The lowest BCUT2D eigenvalue weighted by molar-refractivity contribution is 0.616. The third-order valence-electron chi connectivity index (χ3n) is 1.80. The maximum atomic E-state index is 4.29. The van der Waals surface area contributed by atoms with Gasteiger partial charge in [0.25, 0.3) is 0 Å². The first-order valence-electron chi connectivity index (χ1n) is 4.82. The van der Waals surface area contributed by atoms with Gasteiger partial charge in [-0.15, -0.1) is 0 Å². The summed E-state index contributed by atoms with van der Waals surface area (Å²) in [4.78, 5) is 6.24. The van der Waals surface area contributed by atoms with Crippen molar-refractivity contribution in [2.24, 2.45) is 4.99 Å². The summed E-state index contributed by atoms with van der Waals surface area (Å²) in [5, 5.41) is 3.12. The van der Waals surface area contributed by atoms with E-state index in [0.29, 0.717) is 5.82 Å². The predicted molar refractivity (Wildman–Crippen MR) is 63.1 cm³/mol. The second kappa shape index (κ2) is 6.24. The summed E-state index contributed by atoms with van der Waals surface area (Å²) >= 11 is 0. The van der Waals surface area contributed by atoms with Crippen molar-refractivity contribution >= 4 is 5.84 Å². The molecule has 0 aromatic carbocycles. The van der Waals surface area contributed by atoms with Crippen LogP contribution in [0.3, 0.4) is 0 Å². The minimum atomic E-state index is 0.679. The summed E-state index contributed by atoms with van der Waals surface area (Å²) < 4.78 is 0. The van der Waals surface area contributed by atoms with Gasteiger partial charge in [0.1, 0.15) is 11.7 Å². The lowest BCUT2D eigenvalue weighted by Crippen LogP contribution is -2.20. The lowest BCUT2D eigenvalue weighted by atomic mass is 10.3. The molecule has 0 aromatic heterocycles. The highest BCUT2D eigenvalue weighted by Gasteiger charge is 1.95. The van der Waals surface area contributed by atoms with Gasteiger partial charge in [-0.1, -0.05) is 19.6 Å². The largest absolute Gasteiger partial charge is 0.366 e. The van der Waals surface area contributed by atoms with Crippen molar-refractivity contribution < 1.29 is 0 Å². The highest BCUT2D eigenvalue weighted by atomic mass is 15.2. The summed E-state index contributed by atoms with van der Waals surface area (Å²) in [6, 6.07) is 0. The van der Waals surface area contributed by atoms with Gasteiger partial charge in [0.15, 0.2) is 0 Å². The van der Waals surface area contributed by atoms with Crippen LogP contribution < -0.4 is 5.32 Å². The summed E-state index contributed by atoms with van der Waals surface area (Å²) in [6.07, 6.45) is 3.12. The molecule has 0 spiro atoms. The van der Waals surface area contributed by atoms with Crippen molar-refractivity contribution in [3.63, 3.8) is 0 Å². The molecule has 0 fully saturated rings. The predicted octanol–water partition coefficient (Wildman–Crippen LogP) is 2.34. The number of hydrogen-bond donors (Lipinski definition) is 1. The smallest absolute Gasteiger partial charge is 0.124 e. The number of allylic oxidation sites excluding steroid dienone is 2. The molecular weight excluding hydrogens is 174 g/mol. The maximum absolute atomic E-state index is 4.29. The van der Waals surface area contributed by atoms with Crippen molar-refractivity contribution in [2.75, 3.05) is 14.1 Å². The first-order chi connectivity index (χ1) is 6.47. The van der Waals surface area contributed by atoms with Crippen LogP contribution in [0, 0.1) is 0 Å². The van der Waals surface area contributed by atoms with Crippen molar-refractivity contribution in [1.29, 1.82) is 0 Å². The van der Waals surface area contributed by atoms with Crippen LogP contribution in [0.4, 0.5) is 0 Å². The van der Waals surface area contributed by atoms with E-state index in [9.17, 15) is 0 Å². The standard InChI is InChI=1S/C11H21N3/c1-7-8-9(2)12-10(3)13-11(4)14(5)6/h8,12H,3,7H2,1-2,4-6H3/b9-8+,13-11?. The second-order valence-corrected chi connectivity index (χ2v) is 3.42. The van der Waals surface area contributed by atoms with Crippen LogP contribution in [-0.4, -0.2) is 24.8 Å². The SMILES string of the molecule is C=C(N=C(C)N(C)C)N/C(C)=C/CC. The highest BCUT2D eigenvalue weighted by molar-refractivity contribution is 5.80. The molecule has 0 unspecified atom stereocenters. The molecule has 0 rings (SSSR count). The van der Waals surface area contributed by atoms with Crippen molar-refractivity contribution in [3.05, 3.63) is 24.2 Å². The van der Waals surface area contributed by atoms with Gasteiger partial charge in [0.2, 0.25) is 0 Å². The zero-order valence-electron chi connectivity index (χ0n) is 9.89. The molecule has 3 nitrogen and oxygen atoms in total. The molecule has 80 valence electrons. The van der Waals surface area contributed by atoms with Gasteiger partial charge in [-0.05, 0) is 20.3 Å². The van der Waals surface area contributed by atoms with E-state index in [-0.39, 0.29) is 0 Å². The monoisotopic (exact) mass is 195 g/mol. The van der Waals surface area contributed by atoms with Gasteiger partial charge < -0.3 is 10.2 Å². The fourth-order valence-electron chi connectivity index (χ4n) is 0.908. The molecule has 0 amide bonds. The maximum Gasteiger partial charge on any atom is 0.124 e. The fourth-order valence-corrected chi connectivity index (χ4v) is 0.908. The van der Waals surface area contributed by atoms with Crippen LogP contribution in [0.1, 0.15) is 27.2 Å². The molecule has 0 aromatic rings. The molecule has 0 heterocycles. The molecule has 14 heavy (non-hydrogen) atoms. The number of hydrogen-bond acceptors (Lipinski definition) is 2. The van der Waals surface area contributed by atoms with Crippen molar-refractivity contribution in [1.82, 2.24) is 10.2 Å². The first kappa shape index (κ1) is 12.8. The van der Waals surface area contributed by atoms with Crippen LogP contribution >= 0.6 is 0 Å². The van der Waals surface area contributed by atoms with E-state index in [4.69, 9.17) is 0 Å². The Morgan fingerprint density at radius 2 is 2.00 bits per heavy atom. The second-order valence-electron chi connectivity index (χ2n) is 3.42. The number of amidine groups is 1. The minimum absolute atomic E-state index is 0.679. The Kier molecular flexibility index (Phi) is 5.68. The fraction of sp³-hybridized carbons (Fsp3) is 0.545. The van der Waals surface area contributed by atoms with Crippen LogP contribution in [0.25, 0.3) is 0 Å². The summed E-state index contributed by atoms with van der Waals surface area (Å²) in [5.41, 5.74) is 1.09. The molecule has 0 bridgehead atoms. The topological polar surface area (TPSA) is 27.6 Å². The summed E-state index contributed by atoms with van der Waals surface area (Å²) in [6.45, 7) is 9.89. The van der Waals surface area contributed by atoms with E-state index in [0.717, 1.165) is 18.0 Å². The molecule has 0 aliphatic heterocycles. The Labute approximate surface area is 87.2 Å². The Balaban J connectivity index is 4.24. The van der Waals surface area contributed by atoms with Gasteiger partial charge in [0.05, 0.1) is 0 Å². The number of nitrogens with one attached hydrogen (secondary N) is 1. The average molecular weight is 195 g/mol. The van der Waals surface area contributed by atoms with E-state index < -0.39 is 0 Å². The van der Waals surface area contributed by atoms with Crippen molar-refractivity contribution in [2.45, 2.75) is 27.2 Å². The molecule has 0 atom stereocenters. The normalized spacial score (nSPS) is 12.6. The molecule has 0 saturated heterocycles. The molecule has 0 saturated carbocycles. The van der Waals surface area contributed by atoms with Crippen LogP contribution in [0.15, 0.2) is 29.2 Å². The zero-order valence-corrected chi connectivity index (χ0v) is 9.89. The van der Waals surface area contributed by atoms with E-state index in [1.807, 2.05) is 32.8 Å². The third kappa shape index (κ3) is 5.41. The molecular formula is C11H21N3. The Morgan fingerprint density at radius 3 is 2.43 bits per heavy atom. The molecule has 0 aliphatic rings. The van der Waals surface area contributed by atoms with E-state index >= 15 is 0 Å². The average Bonchev–Trinajstić information content (AvgIpc) is 2.03. The van der Waals surface area contributed by atoms with Gasteiger partial charge in [-0.3, -0.25) is 0 Å². The van der Waals surface area contributed by atoms with Gasteiger partial charge in [-0.25, -0.2) is 4.99 Å². The van der Waals surface area contributed by atoms with E-state index in [2.05, 4.69) is 29.9 Å². The number of aliphatic imine (C=N–C) groups is 1. The highest BCUT2D eigenvalue weighted by Crippen LogP contribution is 1.97. The quantitative estimate of drug-likeness (QED) is 0.551. The Morgan fingerprint density at radius 1 is 1.43 bits per heavy atom. The molecule has 3 heteroatoms. The Hall–Kier alpha value is -1.25. The van der Waals surface area contributed by atoms with Crippen LogP contribution in [0.5, 0.6) is 0 Å². The first-order valence-corrected chi connectivity index (χ1v) is 4.82. The van der Waals surface area contributed by atoms with Gasteiger partial charge in [-0.2, -0.15) is 0 Å². The van der Waals surface area contributed by atoms with Crippen molar-refractivity contribution in [3.8, 4) is 0 Å². The summed E-state index contributed by atoms with van der Waals surface area (Å²) in [5.74, 6) is 1.62. The minimum Gasteiger partial charge on any atom is -0.366 e. The van der Waals surface area contributed by atoms with E-state index in [1.165, 1.54) is 0 Å². The van der Waals surface area contributed by atoms with E-state index in [1.54, 1.807) is 0 Å². The summed E-state index contributed by atoms with van der Waals surface area (Å²) in [7, 11) is 3.92. The number of nitrogens with zero attached hydrogens (tertiary/aromatic N) is 2. The lowest BCUT2D eigenvalue weighted by Gasteiger charge is -2.12. The van der Waals surface area contributed by atoms with Crippen LogP contribution in [-0.2, 0) is 0 Å². The third-order valence-corrected chi connectivity index (χ3v) is 1.80. The van der Waals surface area contributed by atoms with Gasteiger partial charge in [0, 0.05) is 19.8 Å². The van der Waals surface area contributed by atoms with Crippen LogP contribution in [0.2, 0.25) is 0 Å². The Bertz CT molecular complexity index is 249. The zero-order chi connectivity index (χ0) is 11.1. The molecule has 0 radical (unpaired) electrons. The molecule has 0 aliphatic carbocycles. The molecule has 1 N–H and O–H groups in total. The van der Waals surface area contributed by atoms with Gasteiger partial charge >= 0.3 is 0 Å². The number of rotatable bonds is 4.